The van der Waals surface area contributed by atoms with Gasteiger partial charge in [0.2, 0.25) is 0 Å². The Labute approximate surface area is 113 Å². The van der Waals surface area contributed by atoms with E-state index in [-0.39, 0.29) is 0 Å². The maximum absolute atomic E-state index is 3.62. The van der Waals surface area contributed by atoms with Crippen LogP contribution in [0.25, 0.3) is 0 Å². The summed E-state index contributed by atoms with van der Waals surface area (Å²) in [4.78, 5) is 2.51. The molecule has 2 rings (SSSR count). The van der Waals surface area contributed by atoms with Gasteiger partial charge in [-0.15, -0.1) is 0 Å². The van der Waals surface area contributed by atoms with E-state index >= 15 is 0 Å². The van der Waals surface area contributed by atoms with Crippen LogP contribution in [-0.4, -0.2) is 25.2 Å². The second kappa shape index (κ2) is 5.40. The van der Waals surface area contributed by atoms with Crippen molar-refractivity contribution in [2.45, 2.75) is 39.3 Å². The Hall–Kier alpha value is -0.540. The van der Waals surface area contributed by atoms with Gasteiger partial charge >= 0.3 is 0 Å². The lowest BCUT2D eigenvalue weighted by Crippen LogP contribution is -2.55. The average Bonchev–Trinajstić information content (AvgIpc) is 2.33. The van der Waals surface area contributed by atoms with Crippen molar-refractivity contribution in [3.63, 3.8) is 0 Å². The summed E-state index contributed by atoms with van der Waals surface area (Å²) in [6.07, 6.45) is 1.19. The van der Waals surface area contributed by atoms with Crippen LogP contribution in [0.2, 0.25) is 0 Å². The molecule has 2 unspecified atom stereocenters. The number of hydrogen-bond acceptors (Lipinski definition) is 2. The highest BCUT2D eigenvalue weighted by atomic mass is 79.9. The summed E-state index contributed by atoms with van der Waals surface area (Å²) < 4.78 is 1.20. The third kappa shape index (κ3) is 2.83. The van der Waals surface area contributed by atoms with Crippen molar-refractivity contribution in [1.29, 1.82) is 0 Å². The molecule has 1 N–H and O–H groups in total. The van der Waals surface area contributed by atoms with Crippen LogP contribution < -0.4 is 10.2 Å². The first-order chi connectivity index (χ1) is 8.11. The molecule has 0 aromatic heterocycles. The van der Waals surface area contributed by atoms with Gasteiger partial charge in [-0.2, -0.15) is 0 Å². The van der Waals surface area contributed by atoms with Crippen LogP contribution in [0, 0.1) is 6.92 Å². The zero-order valence-corrected chi connectivity index (χ0v) is 12.4. The van der Waals surface area contributed by atoms with E-state index in [2.05, 4.69) is 65.1 Å². The zero-order valence-electron chi connectivity index (χ0n) is 10.8. The first-order valence-electron chi connectivity index (χ1n) is 6.38. The molecule has 2 nitrogen and oxygen atoms in total. The Kier molecular flexibility index (Phi) is 4.10. The van der Waals surface area contributed by atoms with Crippen molar-refractivity contribution in [2.24, 2.45) is 0 Å². The molecule has 1 fully saturated rings. The van der Waals surface area contributed by atoms with E-state index in [0.29, 0.717) is 12.1 Å². The fourth-order valence-electron chi connectivity index (χ4n) is 2.32. The van der Waals surface area contributed by atoms with Crippen molar-refractivity contribution in [1.82, 2.24) is 5.32 Å². The van der Waals surface area contributed by atoms with Gasteiger partial charge in [0.15, 0.2) is 0 Å². The number of anilines is 1. The summed E-state index contributed by atoms with van der Waals surface area (Å²) in [5, 5.41) is 3.59. The molecule has 0 spiro atoms. The summed E-state index contributed by atoms with van der Waals surface area (Å²) in [6.45, 7) is 8.84. The molecule has 3 heteroatoms. The van der Waals surface area contributed by atoms with Crippen LogP contribution in [0.1, 0.15) is 25.8 Å². The Bertz CT molecular complexity index is 392. The van der Waals surface area contributed by atoms with Crippen molar-refractivity contribution in [3.05, 3.63) is 28.2 Å². The van der Waals surface area contributed by atoms with E-state index in [0.717, 1.165) is 13.1 Å². The quantitative estimate of drug-likeness (QED) is 0.900. The fourth-order valence-corrected chi connectivity index (χ4v) is 2.69. The summed E-state index contributed by atoms with van der Waals surface area (Å²) in [7, 11) is 0. The van der Waals surface area contributed by atoms with Crippen LogP contribution in [0.15, 0.2) is 22.7 Å². The number of halogens is 1. The standard InChI is InChI=1S/C14H21BrN2/c1-4-12-9-17(11(3)8-16-12)13-6-5-10(2)14(15)7-13/h5-7,11-12,16H,4,8-9H2,1-3H3. The smallest absolute Gasteiger partial charge is 0.0387 e. The van der Waals surface area contributed by atoms with Crippen LogP contribution in [-0.2, 0) is 0 Å². The highest BCUT2D eigenvalue weighted by Crippen LogP contribution is 2.26. The van der Waals surface area contributed by atoms with E-state index < -0.39 is 0 Å². The van der Waals surface area contributed by atoms with Gasteiger partial charge in [-0.1, -0.05) is 28.9 Å². The van der Waals surface area contributed by atoms with Crippen LogP contribution >= 0.6 is 15.9 Å². The Morgan fingerprint density at radius 1 is 1.47 bits per heavy atom. The normalized spacial score (nSPS) is 25.1. The minimum Gasteiger partial charge on any atom is -0.366 e. The Balaban J connectivity index is 2.21. The van der Waals surface area contributed by atoms with Crippen LogP contribution in [0.4, 0.5) is 5.69 Å². The second-order valence-corrected chi connectivity index (χ2v) is 5.80. The summed E-state index contributed by atoms with van der Waals surface area (Å²) in [5.41, 5.74) is 2.62. The zero-order chi connectivity index (χ0) is 12.4. The highest BCUT2D eigenvalue weighted by molar-refractivity contribution is 9.10. The minimum absolute atomic E-state index is 0.562. The van der Waals surface area contributed by atoms with Gasteiger partial charge < -0.3 is 10.2 Å². The maximum atomic E-state index is 3.62. The van der Waals surface area contributed by atoms with Gasteiger partial charge in [0, 0.05) is 35.3 Å². The number of aryl methyl sites for hydroxylation is 1. The molecule has 0 bridgehead atoms. The predicted octanol–water partition coefficient (Wildman–Crippen LogP) is 3.33. The first kappa shape index (κ1) is 12.9. The molecule has 17 heavy (non-hydrogen) atoms. The SMILES string of the molecule is CCC1CN(c2ccc(C)c(Br)c2)C(C)CN1. The van der Waals surface area contributed by atoms with Gasteiger partial charge in [0.05, 0.1) is 0 Å². The Morgan fingerprint density at radius 3 is 2.88 bits per heavy atom. The van der Waals surface area contributed by atoms with Crippen molar-refractivity contribution < 1.29 is 0 Å². The van der Waals surface area contributed by atoms with Crippen molar-refractivity contribution >= 4 is 21.6 Å². The van der Waals surface area contributed by atoms with Gasteiger partial charge in [0.25, 0.3) is 0 Å². The second-order valence-electron chi connectivity index (χ2n) is 4.95. The number of rotatable bonds is 2. The molecule has 1 aromatic rings. The molecular formula is C14H21BrN2. The lowest BCUT2D eigenvalue weighted by atomic mass is 10.1. The topological polar surface area (TPSA) is 15.3 Å². The number of nitrogens with one attached hydrogen (secondary N) is 1. The van der Waals surface area contributed by atoms with Crippen LogP contribution in [0.5, 0.6) is 0 Å². The summed E-state index contributed by atoms with van der Waals surface area (Å²) in [6, 6.07) is 7.84. The molecule has 1 aromatic carbocycles. The molecule has 1 aliphatic heterocycles. The third-order valence-corrected chi connectivity index (χ3v) is 4.49. The first-order valence-corrected chi connectivity index (χ1v) is 7.17. The number of hydrogen-bond donors (Lipinski definition) is 1. The largest absolute Gasteiger partial charge is 0.366 e. The molecule has 1 aliphatic rings. The molecule has 1 saturated heterocycles. The lowest BCUT2D eigenvalue weighted by molar-refractivity contribution is 0.397. The molecule has 0 saturated carbocycles. The number of piperazine rings is 1. The molecule has 0 aliphatic carbocycles. The molecule has 0 amide bonds. The predicted molar refractivity (Wildman–Crippen MR) is 77.8 cm³/mol. The lowest BCUT2D eigenvalue weighted by Gasteiger charge is -2.40. The Morgan fingerprint density at radius 2 is 2.24 bits per heavy atom. The fraction of sp³-hybridized carbons (Fsp3) is 0.571. The number of nitrogens with zero attached hydrogens (tertiary/aromatic N) is 1. The maximum Gasteiger partial charge on any atom is 0.0387 e. The van der Waals surface area contributed by atoms with Crippen molar-refractivity contribution in [3.8, 4) is 0 Å². The third-order valence-electron chi connectivity index (χ3n) is 3.63. The van der Waals surface area contributed by atoms with Gasteiger partial charge in [0.1, 0.15) is 0 Å². The van der Waals surface area contributed by atoms with E-state index in [9.17, 15) is 0 Å². The van der Waals surface area contributed by atoms with Gasteiger partial charge in [-0.3, -0.25) is 0 Å². The molecule has 1 heterocycles. The highest BCUT2D eigenvalue weighted by Gasteiger charge is 2.24. The van der Waals surface area contributed by atoms with Gasteiger partial charge in [-0.05, 0) is 38.0 Å². The summed E-state index contributed by atoms with van der Waals surface area (Å²) >= 11 is 3.62. The molecule has 0 radical (unpaired) electrons. The monoisotopic (exact) mass is 296 g/mol. The van der Waals surface area contributed by atoms with Crippen molar-refractivity contribution in [2.75, 3.05) is 18.0 Å². The van der Waals surface area contributed by atoms with E-state index in [1.165, 1.54) is 22.1 Å². The van der Waals surface area contributed by atoms with E-state index in [1.54, 1.807) is 0 Å². The molecule has 2 atom stereocenters. The van der Waals surface area contributed by atoms with Gasteiger partial charge in [-0.25, -0.2) is 0 Å². The van der Waals surface area contributed by atoms with E-state index in [1.807, 2.05) is 0 Å². The molecule has 94 valence electrons. The number of benzene rings is 1. The molecular weight excluding hydrogens is 276 g/mol. The average molecular weight is 297 g/mol. The minimum atomic E-state index is 0.562. The van der Waals surface area contributed by atoms with E-state index in [4.69, 9.17) is 0 Å². The summed E-state index contributed by atoms with van der Waals surface area (Å²) in [5.74, 6) is 0. The van der Waals surface area contributed by atoms with Crippen LogP contribution in [0.3, 0.4) is 0 Å².